The fraction of sp³-hybridized carbons (Fsp3) is 0.0800. The molecule has 1 amide bonds. The molecule has 0 aliphatic heterocycles. The number of hydrogen-bond donors (Lipinski definition) is 2. The number of thiazole rings is 1. The predicted molar refractivity (Wildman–Crippen MR) is 132 cm³/mol. The zero-order chi connectivity index (χ0) is 22.9. The lowest BCUT2D eigenvalue weighted by atomic mass is 10.2. The molecule has 166 valence electrons. The standard InChI is InChI=1S/C25H21N3O3S2/c29-23(27-20-13-7-8-14-22(20)33-19-11-5-2-6-12-19)16-31-24(30)21-17-32-25(28-21)26-15-18-9-3-1-4-10-18/h1-14,17H,15-16H2,(H,26,28)(H,27,29). The second kappa shape index (κ2) is 11.3. The van der Waals surface area contributed by atoms with Crippen LogP contribution >= 0.6 is 23.1 Å². The average Bonchev–Trinajstić information content (AvgIpc) is 3.33. The molecular formula is C25H21N3O3S2. The summed E-state index contributed by atoms with van der Waals surface area (Å²) in [5, 5.41) is 8.22. The Balaban J connectivity index is 1.28. The Morgan fingerprint density at radius 1 is 0.909 bits per heavy atom. The van der Waals surface area contributed by atoms with E-state index in [1.807, 2.05) is 84.9 Å². The molecule has 0 atom stereocenters. The van der Waals surface area contributed by atoms with Crippen LogP contribution in [0, 0.1) is 0 Å². The second-order valence-corrected chi connectivity index (χ2v) is 8.89. The van der Waals surface area contributed by atoms with Gasteiger partial charge < -0.3 is 15.4 Å². The highest BCUT2D eigenvalue weighted by Gasteiger charge is 2.15. The molecule has 4 aromatic rings. The third-order valence-corrected chi connectivity index (χ3v) is 6.35. The molecule has 0 unspecified atom stereocenters. The first-order valence-electron chi connectivity index (χ1n) is 10.2. The van der Waals surface area contributed by atoms with E-state index in [9.17, 15) is 9.59 Å². The van der Waals surface area contributed by atoms with Crippen molar-refractivity contribution in [3.63, 3.8) is 0 Å². The molecule has 2 N–H and O–H groups in total. The number of anilines is 2. The molecule has 1 heterocycles. The number of nitrogens with one attached hydrogen (secondary N) is 2. The van der Waals surface area contributed by atoms with Crippen molar-refractivity contribution in [1.82, 2.24) is 4.98 Å². The summed E-state index contributed by atoms with van der Waals surface area (Å²) in [4.78, 5) is 30.9. The maximum Gasteiger partial charge on any atom is 0.358 e. The van der Waals surface area contributed by atoms with E-state index >= 15 is 0 Å². The van der Waals surface area contributed by atoms with Crippen LogP contribution in [0.4, 0.5) is 10.8 Å². The van der Waals surface area contributed by atoms with Gasteiger partial charge in [0.25, 0.3) is 5.91 Å². The zero-order valence-corrected chi connectivity index (χ0v) is 19.2. The van der Waals surface area contributed by atoms with E-state index in [0.717, 1.165) is 15.4 Å². The normalized spacial score (nSPS) is 10.4. The molecule has 0 saturated carbocycles. The maximum atomic E-state index is 12.4. The number of carbonyl (C=O) groups is 2. The molecule has 4 rings (SSSR count). The van der Waals surface area contributed by atoms with E-state index in [0.29, 0.717) is 17.4 Å². The minimum atomic E-state index is -0.638. The highest BCUT2D eigenvalue weighted by Crippen LogP contribution is 2.33. The monoisotopic (exact) mass is 475 g/mol. The lowest BCUT2D eigenvalue weighted by Gasteiger charge is -2.11. The van der Waals surface area contributed by atoms with Crippen molar-refractivity contribution in [2.45, 2.75) is 16.3 Å². The third kappa shape index (κ3) is 6.68. The summed E-state index contributed by atoms with van der Waals surface area (Å²) in [7, 11) is 0. The first kappa shape index (κ1) is 22.6. The molecule has 0 saturated heterocycles. The van der Waals surface area contributed by atoms with Gasteiger partial charge in [-0.2, -0.15) is 0 Å². The zero-order valence-electron chi connectivity index (χ0n) is 17.6. The summed E-state index contributed by atoms with van der Waals surface area (Å²) in [6, 6.07) is 27.3. The molecule has 33 heavy (non-hydrogen) atoms. The van der Waals surface area contributed by atoms with Gasteiger partial charge in [-0.25, -0.2) is 9.78 Å². The van der Waals surface area contributed by atoms with E-state index in [1.165, 1.54) is 11.3 Å². The van der Waals surface area contributed by atoms with Crippen LogP contribution in [0.1, 0.15) is 16.1 Å². The predicted octanol–water partition coefficient (Wildman–Crippen LogP) is 5.70. The number of esters is 1. The maximum absolute atomic E-state index is 12.4. The Hall–Kier alpha value is -3.62. The van der Waals surface area contributed by atoms with Crippen molar-refractivity contribution in [2.24, 2.45) is 0 Å². The van der Waals surface area contributed by atoms with E-state index in [-0.39, 0.29) is 5.69 Å². The summed E-state index contributed by atoms with van der Waals surface area (Å²) < 4.78 is 5.15. The highest BCUT2D eigenvalue weighted by molar-refractivity contribution is 7.99. The lowest BCUT2D eigenvalue weighted by Crippen LogP contribution is -2.21. The molecule has 1 aromatic heterocycles. The van der Waals surface area contributed by atoms with Crippen molar-refractivity contribution < 1.29 is 14.3 Å². The van der Waals surface area contributed by atoms with E-state index < -0.39 is 18.5 Å². The Morgan fingerprint density at radius 2 is 1.61 bits per heavy atom. The minimum absolute atomic E-state index is 0.170. The molecular weight excluding hydrogens is 454 g/mol. The number of carbonyl (C=O) groups excluding carboxylic acids is 2. The molecule has 0 spiro atoms. The topological polar surface area (TPSA) is 80.3 Å². The number of ether oxygens (including phenoxy) is 1. The van der Waals surface area contributed by atoms with Crippen LogP contribution in [0.3, 0.4) is 0 Å². The van der Waals surface area contributed by atoms with Crippen LogP contribution in [0.15, 0.2) is 100 Å². The van der Waals surface area contributed by atoms with Crippen molar-refractivity contribution >= 4 is 45.8 Å². The summed E-state index contributed by atoms with van der Waals surface area (Å²) in [6.07, 6.45) is 0. The molecule has 3 aromatic carbocycles. The molecule has 0 radical (unpaired) electrons. The number of rotatable bonds is 9. The first-order valence-corrected chi connectivity index (χ1v) is 11.9. The van der Waals surface area contributed by atoms with Crippen LogP contribution < -0.4 is 10.6 Å². The summed E-state index contributed by atoms with van der Waals surface area (Å²) >= 11 is 2.86. The highest BCUT2D eigenvalue weighted by atomic mass is 32.2. The smallest absolute Gasteiger partial charge is 0.358 e. The van der Waals surface area contributed by atoms with Gasteiger partial charge in [0.05, 0.1) is 5.69 Å². The van der Waals surface area contributed by atoms with Gasteiger partial charge in [0, 0.05) is 21.7 Å². The number of aromatic nitrogens is 1. The number of benzene rings is 3. The summed E-state index contributed by atoms with van der Waals surface area (Å²) in [6.45, 7) is 0.207. The van der Waals surface area contributed by atoms with Gasteiger partial charge in [-0.3, -0.25) is 4.79 Å². The minimum Gasteiger partial charge on any atom is -0.451 e. The van der Waals surface area contributed by atoms with Crippen molar-refractivity contribution in [3.05, 3.63) is 102 Å². The van der Waals surface area contributed by atoms with Gasteiger partial charge in [-0.15, -0.1) is 11.3 Å². The van der Waals surface area contributed by atoms with Crippen molar-refractivity contribution in [1.29, 1.82) is 0 Å². The Morgan fingerprint density at radius 3 is 2.39 bits per heavy atom. The molecule has 0 bridgehead atoms. The largest absolute Gasteiger partial charge is 0.451 e. The van der Waals surface area contributed by atoms with Crippen LogP contribution in [-0.4, -0.2) is 23.5 Å². The Labute approximate surface area is 200 Å². The average molecular weight is 476 g/mol. The number of hydrogen-bond acceptors (Lipinski definition) is 7. The third-order valence-electron chi connectivity index (χ3n) is 4.47. The van der Waals surface area contributed by atoms with E-state index in [4.69, 9.17) is 4.74 Å². The molecule has 0 aliphatic rings. The van der Waals surface area contributed by atoms with Gasteiger partial charge in [0.2, 0.25) is 0 Å². The van der Waals surface area contributed by atoms with Crippen LogP contribution in [0.25, 0.3) is 0 Å². The van der Waals surface area contributed by atoms with Crippen LogP contribution in [0.5, 0.6) is 0 Å². The SMILES string of the molecule is O=C(COC(=O)c1csc(NCc2ccccc2)n1)Nc1ccccc1Sc1ccccc1. The lowest BCUT2D eigenvalue weighted by molar-refractivity contribution is -0.119. The summed E-state index contributed by atoms with van der Waals surface area (Å²) in [5.74, 6) is -1.05. The quantitative estimate of drug-likeness (QED) is 0.302. The fourth-order valence-electron chi connectivity index (χ4n) is 2.89. The molecule has 6 nitrogen and oxygen atoms in total. The van der Waals surface area contributed by atoms with E-state index in [2.05, 4.69) is 15.6 Å². The van der Waals surface area contributed by atoms with Gasteiger partial charge in [0.15, 0.2) is 17.4 Å². The second-order valence-electron chi connectivity index (χ2n) is 6.91. The van der Waals surface area contributed by atoms with Gasteiger partial charge in [-0.1, -0.05) is 72.4 Å². The molecule has 8 heteroatoms. The summed E-state index contributed by atoms with van der Waals surface area (Å²) in [5.41, 5.74) is 1.94. The number of para-hydroxylation sites is 1. The van der Waals surface area contributed by atoms with Gasteiger partial charge in [-0.05, 0) is 29.8 Å². The number of nitrogens with zero attached hydrogens (tertiary/aromatic N) is 1. The van der Waals surface area contributed by atoms with Crippen molar-refractivity contribution in [3.8, 4) is 0 Å². The van der Waals surface area contributed by atoms with Gasteiger partial charge >= 0.3 is 5.97 Å². The first-order chi connectivity index (χ1) is 16.2. The molecule has 0 aliphatic carbocycles. The molecule has 0 fully saturated rings. The van der Waals surface area contributed by atoms with Crippen LogP contribution in [0.2, 0.25) is 0 Å². The number of amides is 1. The van der Waals surface area contributed by atoms with Crippen LogP contribution in [-0.2, 0) is 16.1 Å². The fourth-order valence-corrected chi connectivity index (χ4v) is 4.49. The van der Waals surface area contributed by atoms with Crippen molar-refractivity contribution in [2.75, 3.05) is 17.2 Å². The Kier molecular flexibility index (Phi) is 7.73. The Bertz CT molecular complexity index is 1210. The van der Waals surface area contributed by atoms with E-state index in [1.54, 1.807) is 17.1 Å². The van der Waals surface area contributed by atoms with Gasteiger partial charge in [0.1, 0.15) is 0 Å².